The van der Waals surface area contributed by atoms with Crippen molar-refractivity contribution >= 4 is 18.4 Å². The number of nitrogens with two attached hydrogens (primary N) is 1. The minimum atomic E-state index is -0.981. The maximum Gasteiger partial charge on any atom is 0.327 e. The van der Waals surface area contributed by atoms with E-state index in [4.69, 9.17) is 10.8 Å². The lowest BCUT2D eigenvalue weighted by molar-refractivity contribution is -0.131. The number of carboxylic acids is 1. The number of hydrogen-bond donors (Lipinski definition) is 2. The van der Waals surface area contributed by atoms with Crippen LogP contribution in [0.1, 0.15) is 19.4 Å². The van der Waals surface area contributed by atoms with Crippen LogP contribution in [0.5, 0.6) is 0 Å². The Morgan fingerprint density at radius 2 is 1.75 bits per heavy atom. The zero-order valence-electron chi connectivity index (χ0n) is 9.51. The Morgan fingerprint density at radius 3 is 1.94 bits per heavy atom. The molecule has 1 aromatic carbocycles. The Bertz CT molecular complexity index is 318. The first-order valence-corrected chi connectivity index (χ1v) is 4.57. The fourth-order valence-corrected chi connectivity index (χ4v) is 0.868. The van der Waals surface area contributed by atoms with E-state index in [0.29, 0.717) is 0 Å². The molecule has 3 nitrogen and oxygen atoms in total. The normalized spacial score (nSPS) is 9.19. The summed E-state index contributed by atoms with van der Waals surface area (Å²) in [6.07, 6.45) is 0.833. The molecule has 1 rings (SSSR count). The summed E-state index contributed by atoms with van der Waals surface area (Å²) in [6.45, 7) is 6.97. The highest BCUT2D eigenvalue weighted by Gasteiger charge is 2.11. The lowest BCUT2D eigenvalue weighted by Crippen LogP contribution is -2.28. The Balaban J connectivity index is 0. The van der Waals surface area contributed by atoms with Crippen LogP contribution in [0.2, 0.25) is 0 Å². The highest BCUT2D eigenvalue weighted by Crippen LogP contribution is 2.14. The van der Waals surface area contributed by atoms with Gasteiger partial charge in [0.15, 0.2) is 0 Å². The SMILES string of the molecule is C=CC(=O)O.CC(C)(N)c1ccccc1.Cl. The molecule has 16 heavy (non-hydrogen) atoms. The van der Waals surface area contributed by atoms with Crippen molar-refractivity contribution in [3.8, 4) is 0 Å². The van der Waals surface area contributed by atoms with E-state index in [0.717, 1.165) is 6.08 Å². The van der Waals surface area contributed by atoms with Crippen LogP contribution in [-0.4, -0.2) is 11.1 Å². The number of halogens is 1. The monoisotopic (exact) mass is 243 g/mol. The predicted molar refractivity (Wildman–Crippen MR) is 68.7 cm³/mol. The summed E-state index contributed by atoms with van der Waals surface area (Å²) < 4.78 is 0. The van der Waals surface area contributed by atoms with Gasteiger partial charge in [-0.2, -0.15) is 0 Å². The van der Waals surface area contributed by atoms with Gasteiger partial charge < -0.3 is 10.8 Å². The third-order valence-corrected chi connectivity index (χ3v) is 1.69. The molecule has 1 aromatic rings. The molecule has 0 spiro atoms. The Kier molecular flexibility index (Phi) is 8.44. The topological polar surface area (TPSA) is 63.3 Å². The number of aliphatic carboxylic acids is 1. The summed E-state index contributed by atoms with van der Waals surface area (Å²) >= 11 is 0. The molecule has 0 atom stereocenters. The Hall–Kier alpha value is -1.32. The quantitative estimate of drug-likeness (QED) is 0.785. The molecule has 0 aromatic heterocycles. The zero-order valence-corrected chi connectivity index (χ0v) is 10.3. The van der Waals surface area contributed by atoms with Gasteiger partial charge in [0, 0.05) is 11.6 Å². The van der Waals surface area contributed by atoms with E-state index in [1.807, 2.05) is 44.2 Å². The lowest BCUT2D eigenvalue weighted by atomic mass is 9.96. The third kappa shape index (κ3) is 8.03. The van der Waals surface area contributed by atoms with Gasteiger partial charge in [0.05, 0.1) is 0 Å². The van der Waals surface area contributed by atoms with Gasteiger partial charge in [0.25, 0.3) is 0 Å². The molecule has 0 amide bonds. The van der Waals surface area contributed by atoms with Crippen LogP contribution < -0.4 is 5.73 Å². The second-order valence-electron chi connectivity index (χ2n) is 3.63. The van der Waals surface area contributed by atoms with Crippen LogP contribution in [0.3, 0.4) is 0 Å². The molecule has 0 fully saturated rings. The first-order valence-electron chi connectivity index (χ1n) is 4.57. The molecule has 90 valence electrons. The van der Waals surface area contributed by atoms with E-state index < -0.39 is 5.97 Å². The largest absolute Gasteiger partial charge is 0.478 e. The average Bonchev–Trinajstić information content (AvgIpc) is 2.19. The molecule has 3 N–H and O–H groups in total. The average molecular weight is 244 g/mol. The fraction of sp³-hybridized carbons (Fsp3) is 0.250. The highest BCUT2D eigenvalue weighted by atomic mass is 35.5. The minimum absolute atomic E-state index is 0. The van der Waals surface area contributed by atoms with Gasteiger partial charge in [-0.3, -0.25) is 0 Å². The predicted octanol–water partition coefficient (Wildman–Crippen LogP) is 2.56. The van der Waals surface area contributed by atoms with Gasteiger partial charge >= 0.3 is 5.97 Å². The van der Waals surface area contributed by atoms with Gasteiger partial charge in [-0.25, -0.2) is 4.79 Å². The molecule has 4 heteroatoms. The maximum absolute atomic E-state index is 9.25. The van der Waals surface area contributed by atoms with Crippen LogP contribution >= 0.6 is 12.4 Å². The van der Waals surface area contributed by atoms with Crippen molar-refractivity contribution < 1.29 is 9.90 Å². The van der Waals surface area contributed by atoms with E-state index >= 15 is 0 Å². The highest BCUT2D eigenvalue weighted by molar-refractivity contribution is 5.85. The van der Waals surface area contributed by atoms with Crippen LogP contribution in [0.15, 0.2) is 43.0 Å². The number of hydrogen-bond acceptors (Lipinski definition) is 2. The molecule has 0 saturated heterocycles. The summed E-state index contributed by atoms with van der Waals surface area (Å²) in [6, 6.07) is 10.1. The molecular weight excluding hydrogens is 226 g/mol. The molecule has 0 radical (unpaired) electrons. The smallest absolute Gasteiger partial charge is 0.327 e. The molecule has 0 saturated carbocycles. The van der Waals surface area contributed by atoms with E-state index in [1.54, 1.807) is 0 Å². The molecule has 0 aliphatic rings. The molecule has 0 bridgehead atoms. The standard InChI is InChI=1S/C9H13N.C3H4O2.ClH/c1-9(2,10)8-6-4-3-5-7-8;1-2-3(4)5;/h3-7H,10H2,1-2H3;2H,1H2,(H,4,5);1H. The van der Waals surface area contributed by atoms with Crippen molar-refractivity contribution in [1.82, 2.24) is 0 Å². The van der Waals surface area contributed by atoms with E-state index in [-0.39, 0.29) is 17.9 Å². The van der Waals surface area contributed by atoms with Crippen molar-refractivity contribution in [2.24, 2.45) is 5.73 Å². The summed E-state index contributed by atoms with van der Waals surface area (Å²) in [5.41, 5.74) is 6.83. The second kappa shape index (κ2) is 7.91. The van der Waals surface area contributed by atoms with E-state index in [9.17, 15) is 4.79 Å². The lowest BCUT2D eigenvalue weighted by Gasteiger charge is -2.18. The van der Waals surface area contributed by atoms with Gasteiger partial charge in [-0.05, 0) is 19.4 Å². The second-order valence-corrected chi connectivity index (χ2v) is 3.63. The van der Waals surface area contributed by atoms with E-state index in [2.05, 4.69) is 6.58 Å². The molecule has 0 unspecified atom stereocenters. The van der Waals surface area contributed by atoms with Gasteiger partial charge in [0.2, 0.25) is 0 Å². The fourth-order valence-electron chi connectivity index (χ4n) is 0.868. The Labute approximate surface area is 102 Å². The molecule has 0 heterocycles. The first-order chi connectivity index (χ1) is 6.88. The first kappa shape index (κ1) is 17.1. The molecule has 0 aliphatic heterocycles. The van der Waals surface area contributed by atoms with Gasteiger partial charge in [-0.1, -0.05) is 36.9 Å². The number of carboxylic acid groups (broad SMARTS) is 1. The minimum Gasteiger partial charge on any atom is -0.478 e. The van der Waals surface area contributed by atoms with Crippen LogP contribution in [0.4, 0.5) is 0 Å². The summed E-state index contributed by atoms with van der Waals surface area (Å²) in [5.74, 6) is -0.981. The molecule has 0 aliphatic carbocycles. The van der Waals surface area contributed by atoms with Crippen LogP contribution in [-0.2, 0) is 10.3 Å². The number of benzene rings is 1. The third-order valence-electron chi connectivity index (χ3n) is 1.69. The van der Waals surface area contributed by atoms with Crippen molar-refractivity contribution in [2.45, 2.75) is 19.4 Å². The van der Waals surface area contributed by atoms with Crippen LogP contribution in [0.25, 0.3) is 0 Å². The number of rotatable bonds is 2. The zero-order chi connectivity index (χ0) is 11.9. The van der Waals surface area contributed by atoms with Gasteiger partial charge in [0.1, 0.15) is 0 Å². The van der Waals surface area contributed by atoms with Crippen molar-refractivity contribution in [3.63, 3.8) is 0 Å². The maximum atomic E-state index is 9.25. The van der Waals surface area contributed by atoms with Crippen molar-refractivity contribution in [3.05, 3.63) is 48.6 Å². The van der Waals surface area contributed by atoms with E-state index in [1.165, 1.54) is 5.56 Å². The summed E-state index contributed by atoms with van der Waals surface area (Å²) in [4.78, 5) is 9.25. The van der Waals surface area contributed by atoms with Crippen molar-refractivity contribution in [2.75, 3.05) is 0 Å². The van der Waals surface area contributed by atoms with Crippen molar-refractivity contribution in [1.29, 1.82) is 0 Å². The van der Waals surface area contributed by atoms with Crippen LogP contribution in [0, 0.1) is 0 Å². The Morgan fingerprint density at radius 1 is 1.38 bits per heavy atom. The van der Waals surface area contributed by atoms with Gasteiger partial charge in [-0.15, -0.1) is 12.4 Å². The summed E-state index contributed by atoms with van der Waals surface area (Å²) in [5, 5.41) is 7.60. The molecular formula is C12H18ClNO2. The number of carbonyl (C=O) groups is 1. The summed E-state index contributed by atoms with van der Waals surface area (Å²) in [7, 11) is 0.